The summed E-state index contributed by atoms with van der Waals surface area (Å²) in [5.74, 6) is 1.01. The molecular formula is C12H13N5O2S. The van der Waals surface area contributed by atoms with Crippen molar-refractivity contribution in [3.8, 4) is 11.6 Å². The average Bonchev–Trinajstić information content (AvgIpc) is 2.94. The molecule has 7 nitrogen and oxygen atoms in total. The van der Waals surface area contributed by atoms with Crippen molar-refractivity contribution >= 4 is 16.9 Å². The maximum absolute atomic E-state index is 11.8. The third-order valence-corrected chi connectivity index (χ3v) is 4.69. The standard InChI is InChI=1S/C12H13N5O2S/c1-19-12(20(2)18)5-3-9(4-6-12)17-8-15-10-11(16-17)14-7-13-10/h3-5,7-8H,6H2,1-2H3. The van der Waals surface area contributed by atoms with E-state index in [2.05, 4.69) is 20.1 Å². The van der Waals surface area contributed by atoms with E-state index >= 15 is 0 Å². The molecule has 104 valence electrons. The molecule has 0 aromatic rings. The Hall–Kier alpha value is -1.77. The first-order valence-electron chi connectivity index (χ1n) is 5.95. The third kappa shape index (κ3) is 2.11. The zero-order chi connectivity index (χ0) is 14.2. The Bertz CT molecular complexity index is 653. The van der Waals surface area contributed by atoms with E-state index in [4.69, 9.17) is 4.74 Å². The number of fused-ring (bicyclic) bond motifs is 1. The number of methoxy groups -OCH3 is 1. The molecule has 3 aliphatic rings. The van der Waals surface area contributed by atoms with E-state index in [1.165, 1.54) is 6.33 Å². The van der Waals surface area contributed by atoms with Crippen LogP contribution in [0.25, 0.3) is 17.3 Å². The van der Waals surface area contributed by atoms with Crippen LogP contribution in [0.4, 0.5) is 0 Å². The van der Waals surface area contributed by atoms with Crippen LogP contribution in [0.5, 0.6) is 0 Å². The number of ether oxygens (including phenoxy) is 1. The van der Waals surface area contributed by atoms with Crippen molar-refractivity contribution < 1.29 is 9.29 Å². The van der Waals surface area contributed by atoms with Crippen LogP contribution in [0.1, 0.15) is 6.42 Å². The molecule has 0 fully saturated rings. The molecule has 0 spiro atoms. The van der Waals surface area contributed by atoms with Crippen LogP contribution in [0, 0.1) is 0 Å². The lowest BCUT2D eigenvalue weighted by Crippen LogP contribution is -2.38. The Balaban J connectivity index is 1.91. The number of imidazole rings is 1. The largest absolute Gasteiger partial charge is 0.614 e. The molecular weight excluding hydrogens is 278 g/mol. The van der Waals surface area contributed by atoms with Crippen LogP contribution in [-0.4, -0.2) is 47.6 Å². The predicted octanol–water partition coefficient (Wildman–Crippen LogP) is 0.695. The Morgan fingerprint density at radius 3 is 2.80 bits per heavy atom. The molecule has 0 N–H and O–H groups in total. The van der Waals surface area contributed by atoms with Gasteiger partial charge in [-0.05, 0) is 17.3 Å². The molecule has 20 heavy (non-hydrogen) atoms. The molecule has 2 heterocycles. The van der Waals surface area contributed by atoms with E-state index in [0.29, 0.717) is 18.1 Å². The quantitative estimate of drug-likeness (QED) is 0.773. The van der Waals surface area contributed by atoms with Crippen molar-refractivity contribution in [1.82, 2.24) is 24.7 Å². The summed E-state index contributed by atoms with van der Waals surface area (Å²) in [5.41, 5.74) is 0.834. The van der Waals surface area contributed by atoms with Crippen LogP contribution < -0.4 is 0 Å². The summed E-state index contributed by atoms with van der Waals surface area (Å²) in [6.07, 6.45) is 10.7. The van der Waals surface area contributed by atoms with Gasteiger partial charge in [-0.25, -0.2) is 19.6 Å². The predicted molar refractivity (Wildman–Crippen MR) is 74.1 cm³/mol. The number of hydrogen-bond acceptors (Lipinski definition) is 6. The zero-order valence-corrected chi connectivity index (χ0v) is 11.9. The van der Waals surface area contributed by atoms with Gasteiger partial charge < -0.3 is 9.29 Å². The van der Waals surface area contributed by atoms with Crippen molar-refractivity contribution in [2.45, 2.75) is 11.4 Å². The highest BCUT2D eigenvalue weighted by atomic mass is 32.2. The van der Waals surface area contributed by atoms with Gasteiger partial charge in [0.05, 0.1) is 12.0 Å². The minimum atomic E-state index is -1.12. The second-order valence-electron chi connectivity index (χ2n) is 4.35. The SMILES string of the molecule is COC1([S+](C)[O-])C=CC(n2cnc3ncnc-3n2)=CC1. The van der Waals surface area contributed by atoms with Crippen molar-refractivity contribution in [2.24, 2.45) is 0 Å². The fourth-order valence-electron chi connectivity index (χ4n) is 2.02. The molecule has 0 aromatic heterocycles. The molecule has 0 amide bonds. The average molecular weight is 291 g/mol. The summed E-state index contributed by atoms with van der Waals surface area (Å²) in [4.78, 5) is 11.4. The summed E-state index contributed by atoms with van der Waals surface area (Å²) < 4.78 is 18.8. The summed E-state index contributed by atoms with van der Waals surface area (Å²) in [6, 6.07) is 0. The summed E-state index contributed by atoms with van der Waals surface area (Å²) in [5, 5.41) is 4.32. The summed E-state index contributed by atoms with van der Waals surface area (Å²) in [7, 11) is 1.56. The lowest BCUT2D eigenvalue weighted by Gasteiger charge is -2.30. The second-order valence-corrected chi connectivity index (χ2v) is 5.95. The molecule has 3 rings (SSSR count). The van der Waals surface area contributed by atoms with Gasteiger partial charge in [0.25, 0.3) is 0 Å². The maximum Gasteiger partial charge on any atom is 0.248 e. The molecule has 0 saturated carbocycles. The Morgan fingerprint density at radius 2 is 2.15 bits per heavy atom. The number of aromatic nitrogens is 5. The monoisotopic (exact) mass is 291 g/mol. The van der Waals surface area contributed by atoms with Gasteiger partial charge >= 0.3 is 0 Å². The van der Waals surface area contributed by atoms with Gasteiger partial charge in [0.1, 0.15) is 12.7 Å². The third-order valence-electron chi connectivity index (χ3n) is 3.25. The zero-order valence-electron chi connectivity index (χ0n) is 11.1. The minimum absolute atomic E-state index is 0.490. The van der Waals surface area contributed by atoms with Gasteiger partial charge in [0, 0.05) is 19.6 Å². The molecule has 0 saturated heterocycles. The van der Waals surface area contributed by atoms with Gasteiger partial charge in [-0.3, -0.25) is 0 Å². The number of hydrogen-bond donors (Lipinski definition) is 0. The second kappa shape index (κ2) is 4.97. The number of nitrogens with zero attached hydrogens (tertiary/aromatic N) is 5. The lowest BCUT2D eigenvalue weighted by molar-refractivity contribution is 0.104. The van der Waals surface area contributed by atoms with Crippen molar-refractivity contribution in [2.75, 3.05) is 13.4 Å². The van der Waals surface area contributed by atoms with E-state index < -0.39 is 16.1 Å². The van der Waals surface area contributed by atoms with Crippen molar-refractivity contribution in [1.29, 1.82) is 0 Å². The van der Waals surface area contributed by atoms with E-state index in [1.54, 1.807) is 30.5 Å². The van der Waals surface area contributed by atoms with Gasteiger partial charge in [-0.1, -0.05) is 6.08 Å². The first-order valence-corrected chi connectivity index (χ1v) is 7.51. The van der Waals surface area contributed by atoms with E-state index in [9.17, 15) is 4.55 Å². The topological polar surface area (TPSA) is 88.8 Å². The van der Waals surface area contributed by atoms with E-state index in [1.807, 2.05) is 12.2 Å². The molecule has 0 radical (unpaired) electrons. The molecule has 0 aromatic carbocycles. The van der Waals surface area contributed by atoms with Gasteiger partial charge in [-0.2, -0.15) is 0 Å². The highest BCUT2D eigenvalue weighted by Crippen LogP contribution is 2.30. The molecule has 1 aliphatic carbocycles. The molecule has 2 atom stereocenters. The summed E-state index contributed by atoms with van der Waals surface area (Å²) in [6.45, 7) is 0. The minimum Gasteiger partial charge on any atom is -0.614 e. The van der Waals surface area contributed by atoms with Crippen molar-refractivity contribution in [3.05, 3.63) is 30.9 Å². The normalized spacial score (nSPS) is 23.9. The van der Waals surface area contributed by atoms with Crippen LogP contribution >= 0.6 is 0 Å². The highest BCUT2D eigenvalue weighted by Gasteiger charge is 2.38. The van der Waals surface area contributed by atoms with E-state index in [-0.39, 0.29) is 0 Å². The fourth-order valence-corrected chi connectivity index (χ4v) is 2.84. The maximum atomic E-state index is 11.8. The van der Waals surface area contributed by atoms with Crippen molar-refractivity contribution in [3.63, 3.8) is 0 Å². The van der Waals surface area contributed by atoms with Crippen LogP contribution in [0.3, 0.4) is 0 Å². The number of rotatable bonds is 3. The Labute approximate surface area is 118 Å². The van der Waals surface area contributed by atoms with Gasteiger partial charge in [0.15, 0.2) is 0 Å². The molecule has 2 unspecified atom stereocenters. The molecule has 0 bridgehead atoms. The van der Waals surface area contributed by atoms with Crippen LogP contribution in [0.15, 0.2) is 30.9 Å². The summed E-state index contributed by atoms with van der Waals surface area (Å²) >= 11 is -1.12. The van der Waals surface area contributed by atoms with Gasteiger partial charge in [0.2, 0.25) is 16.6 Å². The lowest BCUT2D eigenvalue weighted by atomic mass is 10.1. The van der Waals surface area contributed by atoms with Gasteiger partial charge in [-0.15, -0.1) is 5.10 Å². The fraction of sp³-hybridized carbons (Fsp3) is 0.333. The highest BCUT2D eigenvalue weighted by molar-refractivity contribution is 7.92. The first kappa shape index (κ1) is 13.2. The Morgan fingerprint density at radius 1 is 1.35 bits per heavy atom. The Kier molecular flexibility index (Phi) is 3.28. The smallest absolute Gasteiger partial charge is 0.248 e. The van der Waals surface area contributed by atoms with Crippen LogP contribution in [-0.2, 0) is 15.9 Å². The molecule has 2 aliphatic heterocycles. The molecule has 8 heteroatoms. The first-order chi connectivity index (χ1) is 9.64. The number of allylic oxidation sites excluding steroid dienone is 2. The van der Waals surface area contributed by atoms with Crippen LogP contribution in [0.2, 0.25) is 0 Å². The van der Waals surface area contributed by atoms with E-state index in [0.717, 1.165) is 5.70 Å².